The Hall–Kier alpha value is -2.66. The van der Waals surface area contributed by atoms with Crippen molar-refractivity contribution in [2.45, 2.75) is 26.3 Å². The molecule has 0 unspecified atom stereocenters. The molecule has 3 rings (SSSR count). The first-order valence-electron chi connectivity index (χ1n) is 9.33. The highest BCUT2D eigenvalue weighted by Gasteiger charge is 2.25. The molecule has 27 heavy (non-hydrogen) atoms. The molecule has 1 N–H and O–H groups in total. The zero-order valence-electron chi connectivity index (χ0n) is 15.9. The molecule has 0 bridgehead atoms. The van der Waals surface area contributed by atoms with E-state index in [9.17, 15) is 9.59 Å². The van der Waals surface area contributed by atoms with Gasteiger partial charge in [0, 0.05) is 18.2 Å². The number of ether oxygens (including phenoxy) is 1. The molecule has 0 aromatic heterocycles. The summed E-state index contributed by atoms with van der Waals surface area (Å²) in [4.78, 5) is 26.6. The minimum atomic E-state index is -0.407. The number of carbonyl (C=O) groups is 2. The van der Waals surface area contributed by atoms with Crippen LogP contribution in [0.25, 0.3) is 0 Å². The van der Waals surface area contributed by atoms with E-state index in [0.717, 1.165) is 32.5 Å². The molecule has 0 radical (unpaired) electrons. The van der Waals surface area contributed by atoms with E-state index in [1.807, 2.05) is 0 Å². The lowest BCUT2D eigenvalue weighted by molar-refractivity contribution is -0.121. The fraction of sp³-hybridized carbons (Fsp3) is 0.364. The van der Waals surface area contributed by atoms with Crippen LogP contribution in [0.1, 0.15) is 34.3 Å². The average Bonchev–Trinajstić information content (AvgIpc) is 2.70. The molecule has 1 fully saturated rings. The number of nitrogens with zero attached hydrogens (tertiary/aromatic N) is 1. The van der Waals surface area contributed by atoms with Crippen LogP contribution in [-0.2, 0) is 16.1 Å². The Morgan fingerprint density at radius 1 is 1.11 bits per heavy atom. The van der Waals surface area contributed by atoms with E-state index in [4.69, 9.17) is 4.74 Å². The Bertz CT molecular complexity index is 811. The van der Waals surface area contributed by atoms with Crippen LogP contribution in [0.15, 0.2) is 48.5 Å². The lowest BCUT2D eigenvalue weighted by Crippen LogP contribution is -2.37. The number of hydrogen-bond acceptors (Lipinski definition) is 4. The lowest BCUT2D eigenvalue weighted by Gasteiger charge is -2.31. The fourth-order valence-electron chi connectivity index (χ4n) is 3.47. The highest BCUT2D eigenvalue weighted by Crippen LogP contribution is 2.22. The summed E-state index contributed by atoms with van der Waals surface area (Å²) in [7, 11) is 1.35. The summed E-state index contributed by atoms with van der Waals surface area (Å²) >= 11 is 0. The number of aryl methyl sites for hydroxylation is 1. The molecule has 1 heterocycles. The number of likely N-dealkylation sites (tertiary alicyclic amines) is 1. The van der Waals surface area contributed by atoms with Crippen molar-refractivity contribution in [1.82, 2.24) is 4.90 Å². The Labute approximate surface area is 160 Å². The lowest BCUT2D eigenvalue weighted by atomic mass is 9.95. The summed E-state index contributed by atoms with van der Waals surface area (Å²) in [6, 6.07) is 15.3. The maximum absolute atomic E-state index is 12.6. The van der Waals surface area contributed by atoms with Crippen LogP contribution in [0, 0.1) is 12.8 Å². The minimum absolute atomic E-state index is 0.0000897. The molecule has 142 valence electrons. The van der Waals surface area contributed by atoms with Crippen LogP contribution in [0.5, 0.6) is 0 Å². The second kappa shape index (κ2) is 8.82. The van der Waals surface area contributed by atoms with Gasteiger partial charge in [0.05, 0.1) is 12.7 Å². The summed E-state index contributed by atoms with van der Waals surface area (Å²) in [6.07, 6.45) is 1.68. The molecule has 0 spiro atoms. The molecule has 0 atom stereocenters. The van der Waals surface area contributed by atoms with Gasteiger partial charge in [0.15, 0.2) is 0 Å². The molecule has 5 heteroatoms. The first kappa shape index (κ1) is 19.1. The number of nitrogens with one attached hydrogen (secondary N) is 1. The third-order valence-corrected chi connectivity index (χ3v) is 5.16. The highest BCUT2D eigenvalue weighted by atomic mass is 16.5. The van der Waals surface area contributed by atoms with Gasteiger partial charge in [0.25, 0.3) is 0 Å². The van der Waals surface area contributed by atoms with E-state index in [2.05, 4.69) is 41.4 Å². The van der Waals surface area contributed by atoms with Crippen LogP contribution in [0.2, 0.25) is 0 Å². The van der Waals surface area contributed by atoms with Crippen molar-refractivity contribution in [3.8, 4) is 0 Å². The van der Waals surface area contributed by atoms with Crippen molar-refractivity contribution in [1.29, 1.82) is 0 Å². The van der Waals surface area contributed by atoms with Gasteiger partial charge in [-0.3, -0.25) is 9.69 Å². The molecule has 2 aromatic carbocycles. The largest absolute Gasteiger partial charge is 0.465 e. The molecular weight excluding hydrogens is 340 g/mol. The van der Waals surface area contributed by atoms with Crippen molar-refractivity contribution in [2.24, 2.45) is 5.92 Å². The smallest absolute Gasteiger partial charge is 0.337 e. The molecule has 0 saturated carbocycles. The summed E-state index contributed by atoms with van der Waals surface area (Å²) in [5.74, 6) is -0.386. The maximum atomic E-state index is 12.6. The second-order valence-corrected chi connectivity index (χ2v) is 7.04. The maximum Gasteiger partial charge on any atom is 0.337 e. The predicted molar refractivity (Wildman–Crippen MR) is 106 cm³/mol. The van der Waals surface area contributed by atoms with Crippen LogP contribution in [0.3, 0.4) is 0 Å². The number of benzene rings is 2. The molecule has 1 aliphatic rings. The van der Waals surface area contributed by atoms with Crippen LogP contribution in [-0.4, -0.2) is 37.0 Å². The normalized spacial score (nSPS) is 15.3. The van der Waals surface area contributed by atoms with E-state index in [1.54, 1.807) is 24.3 Å². The van der Waals surface area contributed by atoms with E-state index < -0.39 is 5.97 Å². The van der Waals surface area contributed by atoms with Crippen molar-refractivity contribution < 1.29 is 14.3 Å². The van der Waals surface area contributed by atoms with Crippen LogP contribution < -0.4 is 5.32 Å². The van der Waals surface area contributed by atoms with Gasteiger partial charge in [-0.05, 0) is 62.2 Å². The SMILES string of the molecule is COC(=O)c1cccc(NC(=O)C2CCN(Cc3ccccc3C)CC2)c1. The van der Waals surface area contributed by atoms with Crippen molar-refractivity contribution in [3.63, 3.8) is 0 Å². The summed E-state index contributed by atoms with van der Waals surface area (Å²) in [5.41, 5.74) is 3.72. The number of methoxy groups -OCH3 is 1. The third kappa shape index (κ3) is 4.95. The summed E-state index contributed by atoms with van der Waals surface area (Å²) in [6.45, 7) is 4.89. The predicted octanol–water partition coefficient (Wildman–Crippen LogP) is 3.63. The standard InChI is InChI=1S/C22H26N2O3/c1-16-6-3-4-7-19(16)15-24-12-10-17(11-13-24)21(25)23-20-9-5-8-18(14-20)22(26)27-2/h3-9,14,17H,10-13,15H2,1-2H3,(H,23,25). The number of rotatable bonds is 5. The van der Waals surface area contributed by atoms with Gasteiger partial charge >= 0.3 is 5.97 Å². The molecule has 2 aromatic rings. The topological polar surface area (TPSA) is 58.6 Å². The monoisotopic (exact) mass is 366 g/mol. The first-order chi connectivity index (χ1) is 13.1. The summed E-state index contributed by atoms with van der Waals surface area (Å²) in [5, 5.41) is 2.94. The first-order valence-corrected chi connectivity index (χ1v) is 9.33. The van der Waals surface area contributed by atoms with Crippen LogP contribution >= 0.6 is 0 Å². The van der Waals surface area contributed by atoms with Crippen LogP contribution in [0.4, 0.5) is 5.69 Å². The minimum Gasteiger partial charge on any atom is -0.465 e. The zero-order chi connectivity index (χ0) is 19.2. The quantitative estimate of drug-likeness (QED) is 0.821. The van der Waals surface area contributed by atoms with Gasteiger partial charge in [0.1, 0.15) is 0 Å². The molecule has 1 saturated heterocycles. The number of esters is 1. The van der Waals surface area contributed by atoms with Crippen molar-refractivity contribution in [2.75, 3.05) is 25.5 Å². The van der Waals surface area contributed by atoms with E-state index in [1.165, 1.54) is 18.2 Å². The Kier molecular flexibility index (Phi) is 6.24. The van der Waals surface area contributed by atoms with Crippen molar-refractivity contribution >= 4 is 17.6 Å². The average molecular weight is 366 g/mol. The van der Waals surface area contributed by atoms with Gasteiger partial charge in [-0.25, -0.2) is 4.79 Å². The molecule has 5 nitrogen and oxygen atoms in total. The molecule has 0 aliphatic carbocycles. The molecule has 1 amide bonds. The van der Waals surface area contributed by atoms with Gasteiger partial charge < -0.3 is 10.1 Å². The molecular formula is C22H26N2O3. The van der Waals surface area contributed by atoms with Gasteiger partial charge in [-0.2, -0.15) is 0 Å². The number of amides is 1. The Balaban J connectivity index is 1.53. The third-order valence-electron chi connectivity index (χ3n) is 5.16. The fourth-order valence-corrected chi connectivity index (χ4v) is 3.47. The molecule has 1 aliphatic heterocycles. The Morgan fingerprint density at radius 3 is 2.56 bits per heavy atom. The summed E-state index contributed by atoms with van der Waals surface area (Å²) < 4.78 is 4.72. The van der Waals surface area contributed by atoms with E-state index in [-0.39, 0.29) is 11.8 Å². The number of piperidine rings is 1. The number of hydrogen-bond donors (Lipinski definition) is 1. The van der Waals surface area contributed by atoms with Crippen molar-refractivity contribution in [3.05, 3.63) is 65.2 Å². The zero-order valence-corrected chi connectivity index (χ0v) is 15.9. The van der Waals surface area contributed by atoms with Gasteiger partial charge in [-0.1, -0.05) is 30.3 Å². The van der Waals surface area contributed by atoms with E-state index in [0.29, 0.717) is 11.3 Å². The number of anilines is 1. The highest BCUT2D eigenvalue weighted by molar-refractivity contribution is 5.95. The Morgan fingerprint density at radius 2 is 1.85 bits per heavy atom. The van der Waals surface area contributed by atoms with Gasteiger partial charge in [-0.15, -0.1) is 0 Å². The second-order valence-electron chi connectivity index (χ2n) is 7.04. The number of carbonyl (C=O) groups excluding carboxylic acids is 2. The van der Waals surface area contributed by atoms with E-state index >= 15 is 0 Å². The van der Waals surface area contributed by atoms with Gasteiger partial charge in [0.2, 0.25) is 5.91 Å².